The highest BCUT2D eigenvalue weighted by molar-refractivity contribution is 5.77. The van der Waals surface area contributed by atoms with Gasteiger partial charge < -0.3 is 4.74 Å². The fourth-order valence-electron chi connectivity index (χ4n) is 2.92. The molecule has 1 aliphatic carbocycles. The summed E-state index contributed by atoms with van der Waals surface area (Å²) < 4.78 is 4.97. The molecule has 0 heterocycles. The van der Waals surface area contributed by atoms with Crippen LogP contribution in [-0.2, 0) is 14.9 Å². The summed E-state index contributed by atoms with van der Waals surface area (Å²) in [5, 5.41) is 3.47. The van der Waals surface area contributed by atoms with E-state index in [1.807, 2.05) is 12.1 Å². The number of carbonyl (C=O) groups excluding carboxylic acids is 1. The zero-order valence-electron chi connectivity index (χ0n) is 13.6. The van der Waals surface area contributed by atoms with Crippen LogP contribution in [0.5, 0.6) is 0 Å². The average Bonchev–Trinajstić information content (AvgIpc) is 2.96. The van der Waals surface area contributed by atoms with Crippen molar-refractivity contribution in [2.24, 2.45) is 0 Å². The van der Waals surface area contributed by atoms with E-state index in [0.29, 0.717) is 6.04 Å². The van der Waals surface area contributed by atoms with E-state index in [-0.39, 0.29) is 17.4 Å². The first-order valence-corrected chi connectivity index (χ1v) is 7.86. The number of methoxy groups -OCH3 is 1. The van der Waals surface area contributed by atoms with Crippen molar-refractivity contribution < 1.29 is 9.53 Å². The van der Waals surface area contributed by atoms with Crippen molar-refractivity contribution in [3.63, 3.8) is 0 Å². The SMILES string of the molecule is COC(=O)C(NC1CCCC1)c1ccc(C(C)(C)C)cc1. The van der Waals surface area contributed by atoms with E-state index in [1.165, 1.54) is 25.5 Å². The molecular weight excluding hydrogens is 262 g/mol. The molecule has 1 N–H and O–H groups in total. The van der Waals surface area contributed by atoms with Gasteiger partial charge in [0.25, 0.3) is 0 Å². The van der Waals surface area contributed by atoms with Crippen LogP contribution in [0.4, 0.5) is 0 Å². The van der Waals surface area contributed by atoms with E-state index in [0.717, 1.165) is 18.4 Å². The molecule has 21 heavy (non-hydrogen) atoms. The highest BCUT2D eigenvalue weighted by atomic mass is 16.5. The molecule has 1 saturated carbocycles. The van der Waals surface area contributed by atoms with Gasteiger partial charge in [0.05, 0.1) is 7.11 Å². The second-order valence-corrected chi connectivity index (χ2v) is 6.98. The van der Waals surface area contributed by atoms with Crippen LogP contribution in [0, 0.1) is 0 Å². The zero-order chi connectivity index (χ0) is 15.5. The average molecular weight is 289 g/mol. The molecule has 3 nitrogen and oxygen atoms in total. The van der Waals surface area contributed by atoms with Crippen molar-refractivity contribution in [3.05, 3.63) is 35.4 Å². The van der Waals surface area contributed by atoms with Crippen molar-refractivity contribution in [3.8, 4) is 0 Å². The van der Waals surface area contributed by atoms with Crippen LogP contribution >= 0.6 is 0 Å². The fourth-order valence-corrected chi connectivity index (χ4v) is 2.92. The molecule has 116 valence electrons. The molecule has 1 aromatic carbocycles. The minimum absolute atomic E-state index is 0.123. The number of hydrogen-bond donors (Lipinski definition) is 1. The maximum Gasteiger partial charge on any atom is 0.327 e. The lowest BCUT2D eigenvalue weighted by atomic mass is 9.86. The predicted molar refractivity (Wildman–Crippen MR) is 85.3 cm³/mol. The summed E-state index contributed by atoms with van der Waals surface area (Å²) in [6, 6.07) is 8.39. The summed E-state index contributed by atoms with van der Waals surface area (Å²) in [5.41, 5.74) is 2.38. The lowest BCUT2D eigenvalue weighted by Gasteiger charge is -2.23. The molecule has 1 unspecified atom stereocenters. The van der Waals surface area contributed by atoms with Crippen molar-refractivity contribution >= 4 is 5.97 Å². The molecule has 0 aliphatic heterocycles. The maximum absolute atomic E-state index is 12.1. The first kappa shape index (κ1) is 16.0. The first-order valence-electron chi connectivity index (χ1n) is 7.86. The number of nitrogens with one attached hydrogen (secondary N) is 1. The van der Waals surface area contributed by atoms with Gasteiger partial charge in [0, 0.05) is 6.04 Å². The van der Waals surface area contributed by atoms with E-state index in [4.69, 9.17) is 4.74 Å². The van der Waals surface area contributed by atoms with Gasteiger partial charge in [0.2, 0.25) is 0 Å². The summed E-state index contributed by atoms with van der Waals surface area (Å²) in [4.78, 5) is 12.1. The third kappa shape index (κ3) is 4.07. The molecule has 1 fully saturated rings. The minimum atomic E-state index is -0.355. The van der Waals surface area contributed by atoms with Crippen molar-refractivity contribution in [2.45, 2.75) is 64.0 Å². The van der Waals surface area contributed by atoms with Crippen LogP contribution < -0.4 is 5.32 Å². The Balaban J connectivity index is 2.17. The molecule has 0 aromatic heterocycles. The molecule has 1 aliphatic rings. The Morgan fingerprint density at radius 3 is 2.24 bits per heavy atom. The van der Waals surface area contributed by atoms with Crippen molar-refractivity contribution in [1.82, 2.24) is 5.32 Å². The van der Waals surface area contributed by atoms with Crippen LogP contribution in [-0.4, -0.2) is 19.1 Å². The Hall–Kier alpha value is -1.35. The van der Waals surface area contributed by atoms with Crippen molar-refractivity contribution in [2.75, 3.05) is 7.11 Å². The Morgan fingerprint density at radius 1 is 1.19 bits per heavy atom. The number of ether oxygens (including phenoxy) is 1. The highest BCUT2D eigenvalue weighted by Crippen LogP contribution is 2.26. The number of hydrogen-bond acceptors (Lipinski definition) is 3. The van der Waals surface area contributed by atoms with E-state index in [2.05, 4.69) is 38.2 Å². The number of carbonyl (C=O) groups is 1. The third-order valence-corrected chi connectivity index (χ3v) is 4.30. The molecule has 0 bridgehead atoms. The maximum atomic E-state index is 12.1. The van der Waals surface area contributed by atoms with E-state index in [1.54, 1.807) is 0 Å². The number of benzene rings is 1. The van der Waals surface area contributed by atoms with Gasteiger partial charge in [-0.15, -0.1) is 0 Å². The van der Waals surface area contributed by atoms with Crippen LogP contribution in [0.3, 0.4) is 0 Å². The fraction of sp³-hybridized carbons (Fsp3) is 0.611. The summed E-state index contributed by atoms with van der Waals surface area (Å²) in [5.74, 6) is -0.203. The Morgan fingerprint density at radius 2 is 1.76 bits per heavy atom. The molecular formula is C18H27NO2. The Bertz CT molecular complexity index is 467. The largest absolute Gasteiger partial charge is 0.468 e. The van der Waals surface area contributed by atoms with Gasteiger partial charge in [-0.3, -0.25) is 5.32 Å². The summed E-state index contributed by atoms with van der Waals surface area (Å²) in [6.45, 7) is 6.57. The monoisotopic (exact) mass is 289 g/mol. The quantitative estimate of drug-likeness (QED) is 0.858. The number of esters is 1. The van der Waals surface area contributed by atoms with Gasteiger partial charge in [-0.2, -0.15) is 0 Å². The second kappa shape index (κ2) is 6.61. The number of rotatable bonds is 4. The lowest BCUT2D eigenvalue weighted by molar-refractivity contribution is -0.143. The van der Waals surface area contributed by atoms with Crippen LogP contribution in [0.25, 0.3) is 0 Å². The third-order valence-electron chi connectivity index (χ3n) is 4.30. The lowest BCUT2D eigenvalue weighted by Crippen LogP contribution is -2.36. The molecule has 1 aromatic rings. The summed E-state index contributed by atoms with van der Waals surface area (Å²) in [6.07, 6.45) is 4.78. The van der Waals surface area contributed by atoms with Crippen LogP contribution in [0.15, 0.2) is 24.3 Å². The molecule has 0 radical (unpaired) electrons. The van der Waals surface area contributed by atoms with Crippen LogP contribution in [0.2, 0.25) is 0 Å². The van der Waals surface area contributed by atoms with Crippen LogP contribution in [0.1, 0.15) is 63.6 Å². The minimum Gasteiger partial charge on any atom is -0.468 e. The normalized spacial score (nSPS) is 17.7. The van der Waals surface area contributed by atoms with Gasteiger partial charge in [0.15, 0.2) is 0 Å². The van der Waals surface area contributed by atoms with Gasteiger partial charge in [-0.05, 0) is 29.4 Å². The van der Waals surface area contributed by atoms with Gasteiger partial charge >= 0.3 is 5.97 Å². The Labute approximate surface area is 128 Å². The summed E-state index contributed by atoms with van der Waals surface area (Å²) in [7, 11) is 1.45. The second-order valence-electron chi connectivity index (χ2n) is 6.98. The van der Waals surface area contributed by atoms with E-state index >= 15 is 0 Å². The van der Waals surface area contributed by atoms with E-state index < -0.39 is 0 Å². The van der Waals surface area contributed by atoms with Crippen molar-refractivity contribution in [1.29, 1.82) is 0 Å². The molecule has 2 rings (SSSR count). The zero-order valence-corrected chi connectivity index (χ0v) is 13.6. The molecule has 0 spiro atoms. The Kier molecular flexibility index (Phi) is 5.04. The van der Waals surface area contributed by atoms with Gasteiger partial charge in [0.1, 0.15) is 6.04 Å². The predicted octanol–water partition coefficient (Wildman–Crippen LogP) is 3.73. The molecule has 3 heteroatoms. The summed E-state index contributed by atoms with van der Waals surface area (Å²) >= 11 is 0. The smallest absolute Gasteiger partial charge is 0.327 e. The highest BCUT2D eigenvalue weighted by Gasteiger charge is 2.26. The molecule has 0 amide bonds. The molecule has 1 atom stereocenters. The first-order chi connectivity index (χ1) is 9.91. The van der Waals surface area contributed by atoms with Gasteiger partial charge in [-0.25, -0.2) is 4.79 Å². The topological polar surface area (TPSA) is 38.3 Å². The standard InChI is InChI=1S/C18H27NO2/c1-18(2,3)14-11-9-13(10-12-14)16(17(20)21-4)19-15-7-5-6-8-15/h9-12,15-16,19H,5-8H2,1-4H3. The van der Waals surface area contributed by atoms with E-state index in [9.17, 15) is 4.79 Å². The molecule has 0 saturated heterocycles. The van der Waals surface area contributed by atoms with Gasteiger partial charge in [-0.1, -0.05) is 57.9 Å².